The minimum atomic E-state index is -0.301. The molecule has 2 aromatic carbocycles. The smallest absolute Gasteiger partial charge is 0.122 e. The molecule has 2 rings (SSSR count). The number of aliphatic hydroxyl groups is 1. The van der Waals surface area contributed by atoms with Crippen molar-refractivity contribution in [3.8, 4) is 5.75 Å². The van der Waals surface area contributed by atoms with Gasteiger partial charge in [-0.15, -0.1) is 0 Å². The Hall–Kier alpha value is -2.53. The van der Waals surface area contributed by atoms with E-state index in [1.165, 1.54) is 27.8 Å². The lowest BCUT2D eigenvalue weighted by molar-refractivity contribution is 0.0560. The van der Waals surface area contributed by atoms with Gasteiger partial charge in [0.2, 0.25) is 0 Å². The first-order chi connectivity index (χ1) is 17.5. The zero-order valence-electron chi connectivity index (χ0n) is 24.4. The second-order valence-electron chi connectivity index (χ2n) is 11.6. The summed E-state index contributed by atoms with van der Waals surface area (Å²) in [5.41, 5.74) is 12.0. The average Bonchev–Trinajstić information content (AvgIpc) is 2.86. The highest BCUT2D eigenvalue weighted by molar-refractivity contribution is 5.79. The second-order valence-corrected chi connectivity index (χ2v) is 11.6. The van der Waals surface area contributed by atoms with Gasteiger partial charge in [-0.05, 0) is 98.1 Å². The molecule has 0 aromatic heterocycles. The maximum absolute atomic E-state index is 10.5. The lowest BCUT2D eigenvalue weighted by Gasteiger charge is -2.34. The summed E-state index contributed by atoms with van der Waals surface area (Å²) < 4.78 is 6.11. The largest absolute Gasteiger partial charge is 0.493 e. The van der Waals surface area contributed by atoms with Crippen molar-refractivity contribution in [1.29, 1.82) is 0 Å². The highest BCUT2D eigenvalue weighted by atomic mass is 16.5. The quantitative estimate of drug-likeness (QED) is 0.0847. The van der Waals surface area contributed by atoms with Gasteiger partial charge in [-0.25, -0.2) is 0 Å². The SMILES string of the molecule is CCC(CC)(c1ccc(CCC(O)C(C)(C)C)c(C)c1)c1ccc(OCCCCC/C(N)=N/N)c(C)c1. The molecule has 37 heavy (non-hydrogen) atoms. The average molecular weight is 510 g/mol. The maximum atomic E-state index is 10.5. The standard InChI is InChI=1S/C32H51N3O2/c1-8-32(9-2,26-16-14-25(23(3)21-26)15-19-29(36)31(5,6)7)27-17-18-28(24(4)22-27)37-20-12-10-11-13-30(33)35-34/h14,16-18,21-22,29,36H,8-13,15,19-20,34H2,1-7H3,(H2,33,35). The maximum Gasteiger partial charge on any atom is 0.122 e. The van der Waals surface area contributed by atoms with Crippen LogP contribution in [0.3, 0.4) is 0 Å². The number of aliphatic hydroxyl groups excluding tert-OH is 1. The van der Waals surface area contributed by atoms with Crippen LogP contribution in [0.5, 0.6) is 5.75 Å². The topological polar surface area (TPSA) is 93.9 Å². The predicted octanol–water partition coefficient (Wildman–Crippen LogP) is 6.92. The van der Waals surface area contributed by atoms with E-state index in [2.05, 4.69) is 90.0 Å². The minimum Gasteiger partial charge on any atom is -0.493 e. The van der Waals surface area contributed by atoms with Crippen molar-refractivity contribution in [2.75, 3.05) is 6.61 Å². The van der Waals surface area contributed by atoms with Crippen molar-refractivity contribution < 1.29 is 9.84 Å². The third-order valence-electron chi connectivity index (χ3n) is 8.02. The molecular weight excluding hydrogens is 458 g/mol. The summed E-state index contributed by atoms with van der Waals surface area (Å²) in [5.74, 6) is 6.65. The van der Waals surface area contributed by atoms with Crippen LogP contribution in [0.1, 0.15) is 107 Å². The van der Waals surface area contributed by atoms with E-state index in [1.807, 2.05) is 0 Å². The Morgan fingerprint density at radius 2 is 1.57 bits per heavy atom. The number of nitrogens with two attached hydrogens (primary N) is 2. The molecule has 1 unspecified atom stereocenters. The van der Waals surface area contributed by atoms with Gasteiger partial charge in [-0.2, -0.15) is 5.10 Å². The molecule has 5 nitrogen and oxygen atoms in total. The van der Waals surface area contributed by atoms with E-state index in [-0.39, 0.29) is 16.9 Å². The number of unbranched alkanes of at least 4 members (excludes halogenated alkanes) is 2. The molecule has 0 spiro atoms. The van der Waals surface area contributed by atoms with Gasteiger partial charge in [0.15, 0.2) is 0 Å². The molecule has 0 saturated carbocycles. The number of nitrogens with zero attached hydrogens (tertiary/aromatic N) is 1. The molecular formula is C32H51N3O2. The molecule has 5 heteroatoms. The Morgan fingerprint density at radius 3 is 2.11 bits per heavy atom. The molecule has 206 valence electrons. The zero-order valence-corrected chi connectivity index (χ0v) is 24.4. The van der Waals surface area contributed by atoms with Crippen LogP contribution in [-0.4, -0.2) is 23.7 Å². The van der Waals surface area contributed by atoms with Gasteiger partial charge < -0.3 is 21.4 Å². The molecule has 0 aliphatic rings. The Morgan fingerprint density at radius 1 is 0.946 bits per heavy atom. The Bertz CT molecular complexity index is 1020. The lowest BCUT2D eigenvalue weighted by atomic mass is 9.69. The summed E-state index contributed by atoms with van der Waals surface area (Å²) in [6, 6.07) is 13.6. The predicted molar refractivity (Wildman–Crippen MR) is 157 cm³/mol. The summed E-state index contributed by atoms with van der Waals surface area (Å²) in [4.78, 5) is 0. The van der Waals surface area contributed by atoms with Crippen LogP contribution in [-0.2, 0) is 11.8 Å². The fraction of sp³-hybridized carbons (Fsp3) is 0.594. The zero-order chi connectivity index (χ0) is 27.6. The lowest BCUT2D eigenvalue weighted by Crippen LogP contribution is -2.27. The van der Waals surface area contributed by atoms with E-state index < -0.39 is 0 Å². The molecule has 0 amide bonds. The van der Waals surface area contributed by atoms with E-state index in [0.717, 1.165) is 57.1 Å². The first kappa shape index (κ1) is 30.7. The van der Waals surface area contributed by atoms with Gasteiger partial charge in [0.05, 0.1) is 12.7 Å². The summed E-state index contributed by atoms with van der Waals surface area (Å²) in [7, 11) is 0. The van der Waals surface area contributed by atoms with Crippen LogP contribution in [0, 0.1) is 19.3 Å². The van der Waals surface area contributed by atoms with Crippen molar-refractivity contribution in [2.45, 2.75) is 111 Å². The molecule has 0 radical (unpaired) electrons. The van der Waals surface area contributed by atoms with E-state index in [9.17, 15) is 5.11 Å². The minimum absolute atomic E-state index is 0.0397. The molecule has 0 heterocycles. The molecule has 1 atom stereocenters. The molecule has 0 saturated heterocycles. The normalized spacial score (nSPS) is 13.6. The number of aryl methyl sites for hydroxylation is 3. The van der Waals surface area contributed by atoms with Gasteiger partial charge in [-0.3, -0.25) is 0 Å². The number of hydrogen-bond donors (Lipinski definition) is 3. The fourth-order valence-corrected chi connectivity index (χ4v) is 5.17. The van der Waals surface area contributed by atoms with Crippen molar-refractivity contribution in [2.24, 2.45) is 22.1 Å². The molecule has 0 aliphatic heterocycles. The third kappa shape index (κ3) is 8.23. The number of ether oxygens (including phenoxy) is 1. The Kier molecular flexibility index (Phi) is 11.5. The van der Waals surface area contributed by atoms with Crippen LogP contribution >= 0.6 is 0 Å². The van der Waals surface area contributed by atoms with Crippen molar-refractivity contribution >= 4 is 5.84 Å². The molecule has 0 fully saturated rings. The summed E-state index contributed by atoms with van der Waals surface area (Å²) in [6.07, 6.45) is 7.16. The van der Waals surface area contributed by atoms with Crippen molar-refractivity contribution in [3.05, 3.63) is 64.2 Å². The van der Waals surface area contributed by atoms with Crippen LogP contribution in [0.15, 0.2) is 41.5 Å². The monoisotopic (exact) mass is 509 g/mol. The number of amidine groups is 1. The Labute approximate surface area is 225 Å². The van der Waals surface area contributed by atoms with E-state index in [1.54, 1.807) is 0 Å². The van der Waals surface area contributed by atoms with Gasteiger partial charge in [-0.1, -0.05) is 65.0 Å². The first-order valence-electron chi connectivity index (χ1n) is 14.0. The second kappa shape index (κ2) is 13.9. The van der Waals surface area contributed by atoms with E-state index in [0.29, 0.717) is 12.4 Å². The first-order valence-corrected chi connectivity index (χ1v) is 14.0. The number of hydrogen-bond acceptors (Lipinski definition) is 4. The fourth-order valence-electron chi connectivity index (χ4n) is 5.17. The van der Waals surface area contributed by atoms with Crippen molar-refractivity contribution in [1.82, 2.24) is 0 Å². The van der Waals surface area contributed by atoms with E-state index >= 15 is 0 Å². The number of benzene rings is 2. The number of rotatable bonds is 14. The Balaban J connectivity index is 2.14. The molecule has 0 bridgehead atoms. The molecule has 0 aliphatic carbocycles. The van der Waals surface area contributed by atoms with Gasteiger partial charge in [0.1, 0.15) is 11.6 Å². The van der Waals surface area contributed by atoms with E-state index in [4.69, 9.17) is 16.3 Å². The van der Waals surface area contributed by atoms with Crippen LogP contribution in [0.25, 0.3) is 0 Å². The summed E-state index contributed by atoms with van der Waals surface area (Å²) in [5, 5.41) is 14.0. The van der Waals surface area contributed by atoms with Crippen LogP contribution < -0.4 is 16.3 Å². The van der Waals surface area contributed by atoms with Gasteiger partial charge >= 0.3 is 0 Å². The summed E-state index contributed by atoms with van der Waals surface area (Å²) in [6.45, 7) is 15.9. The van der Waals surface area contributed by atoms with Crippen LogP contribution in [0.4, 0.5) is 0 Å². The van der Waals surface area contributed by atoms with Crippen molar-refractivity contribution in [3.63, 3.8) is 0 Å². The molecule has 2 aromatic rings. The third-order valence-corrected chi connectivity index (χ3v) is 8.02. The van der Waals surface area contributed by atoms with Crippen LogP contribution in [0.2, 0.25) is 0 Å². The number of hydrazone groups is 1. The highest BCUT2D eigenvalue weighted by Gasteiger charge is 2.31. The highest BCUT2D eigenvalue weighted by Crippen LogP contribution is 2.41. The molecule has 5 N–H and O–H groups in total. The van der Waals surface area contributed by atoms with Gasteiger partial charge in [0, 0.05) is 11.8 Å². The summed E-state index contributed by atoms with van der Waals surface area (Å²) >= 11 is 0. The van der Waals surface area contributed by atoms with Gasteiger partial charge in [0.25, 0.3) is 0 Å².